The SMILES string of the molecule is O=c1[nH]c(=S)[nH]c2c1Cc1ccccc1-2. The zero-order chi connectivity index (χ0) is 10.4. The van der Waals surface area contributed by atoms with E-state index in [-0.39, 0.29) is 5.56 Å². The van der Waals surface area contributed by atoms with Gasteiger partial charge < -0.3 is 4.98 Å². The molecular formula is C11H8N2OS. The standard InChI is InChI=1S/C11H8N2OS/c14-10-8-5-6-3-1-2-4-7(6)9(8)12-11(15)13-10/h1-4H,5H2,(H2,12,13,14,15). The summed E-state index contributed by atoms with van der Waals surface area (Å²) in [4.78, 5) is 17.3. The maximum Gasteiger partial charge on any atom is 0.255 e. The lowest BCUT2D eigenvalue weighted by molar-refractivity contribution is 1.05. The van der Waals surface area contributed by atoms with Crippen molar-refractivity contribution in [1.29, 1.82) is 0 Å². The Kier molecular flexibility index (Phi) is 1.67. The summed E-state index contributed by atoms with van der Waals surface area (Å²) in [7, 11) is 0. The maximum absolute atomic E-state index is 11.7. The van der Waals surface area contributed by atoms with E-state index in [1.54, 1.807) is 0 Å². The van der Waals surface area contributed by atoms with Gasteiger partial charge in [0.15, 0.2) is 4.77 Å². The molecule has 0 saturated heterocycles. The van der Waals surface area contributed by atoms with Gasteiger partial charge in [-0.2, -0.15) is 0 Å². The van der Waals surface area contributed by atoms with Gasteiger partial charge in [0.1, 0.15) is 0 Å². The van der Waals surface area contributed by atoms with Crippen LogP contribution >= 0.6 is 12.2 Å². The van der Waals surface area contributed by atoms with Gasteiger partial charge in [-0.1, -0.05) is 24.3 Å². The highest BCUT2D eigenvalue weighted by Gasteiger charge is 2.20. The summed E-state index contributed by atoms with van der Waals surface area (Å²) >= 11 is 4.96. The second kappa shape index (κ2) is 2.90. The minimum atomic E-state index is -0.0787. The molecule has 1 heterocycles. The summed E-state index contributed by atoms with van der Waals surface area (Å²) in [6, 6.07) is 7.98. The molecule has 0 bridgehead atoms. The highest BCUT2D eigenvalue weighted by Crippen LogP contribution is 2.32. The molecule has 1 aromatic carbocycles. The van der Waals surface area contributed by atoms with Crippen molar-refractivity contribution in [2.24, 2.45) is 0 Å². The summed E-state index contributed by atoms with van der Waals surface area (Å²) < 4.78 is 0.385. The van der Waals surface area contributed by atoms with Gasteiger partial charge in [0, 0.05) is 17.5 Å². The fraction of sp³-hybridized carbons (Fsp3) is 0.0909. The average Bonchev–Trinajstić information content (AvgIpc) is 2.57. The summed E-state index contributed by atoms with van der Waals surface area (Å²) in [5.74, 6) is 0. The molecule has 0 saturated carbocycles. The van der Waals surface area contributed by atoms with Crippen LogP contribution in [0, 0.1) is 4.77 Å². The minimum absolute atomic E-state index is 0.0787. The van der Waals surface area contributed by atoms with Gasteiger partial charge in [0.2, 0.25) is 0 Å². The van der Waals surface area contributed by atoms with Crippen LogP contribution in [0.5, 0.6) is 0 Å². The van der Waals surface area contributed by atoms with Gasteiger partial charge >= 0.3 is 0 Å². The van der Waals surface area contributed by atoms with Crippen molar-refractivity contribution >= 4 is 12.2 Å². The first-order valence-corrected chi connectivity index (χ1v) is 5.10. The molecule has 1 aromatic heterocycles. The predicted molar refractivity (Wildman–Crippen MR) is 60.5 cm³/mol. The zero-order valence-electron chi connectivity index (χ0n) is 7.83. The Morgan fingerprint density at radius 3 is 2.87 bits per heavy atom. The third kappa shape index (κ3) is 1.18. The highest BCUT2D eigenvalue weighted by atomic mass is 32.1. The van der Waals surface area contributed by atoms with Gasteiger partial charge in [-0.25, -0.2) is 0 Å². The van der Waals surface area contributed by atoms with Crippen LogP contribution < -0.4 is 5.56 Å². The Bertz CT molecular complexity index is 654. The van der Waals surface area contributed by atoms with Crippen LogP contribution in [0.3, 0.4) is 0 Å². The molecule has 2 aromatic rings. The number of hydrogen-bond donors (Lipinski definition) is 2. The summed E-state index contributed by atoms with van der Waals surface area (Å²) in [6.07, 6.45) is 0.687. The third-order valence-electron chi connectivity index (χ3n) is 2.70. The fourth-order valence-electron chi connectivity index (χ4n) is 2.02. The van der Waals surface area contributed by atoms with Crippen molar-refractivity contribution in [2.75, 3.05) is 0 Å². The van der Waals surface area contributed by atoms with Crippen molar-refractivity contribution in [2.45, 2.75) is 6.42 Å². The van der Waals surface area contributed by atoms with Crippen LogP contribution in [0.2, 0.25) is 0 Å². The van der Waals surface area contributed by atoms with E-state index in [2.05, 4.69) is 9.97 Å². The van der Waals surface area contributed by atoms with Crippen molar-refractivity contribution in [3.63, 3.8) is 0 Å². The Morgan fingerprint density at radius 2 is 2.00 bits per heavy atom. The molecule has 0 fully saturated rings. The second-order valence-corrected chi connectivity index (χ2v) is 4.00. The average molecular weight is 216 g/mol. The topological polar surface area (TPSA) is 48.6 Å². The third-order valence-corrected chi connectivity index (χ3v) is 2.90. The van der Waals surface area contributed by atoms with E-state index in [0.29, 0.717) is 11.2 Å². The number of aromatic nitrogens is 2. The molecule has 1 aliphatic rings. The van der Waals surface area contributed by atoms with Crippen LogP contribution in [-0.4, -0.2) is 9.97 Å². The van der Waals surface area contributed by atoms with Crippen LogP contribution in [0.4, 0.5) is 0 Å². The number of hydrogen-bond acceptors (Lipinski definition) is 2. The molecule has 0 aliphatic heterocycles. The minimum Gasteiger partial charge on any atom is -0.331 e. The first-order chi connectivity index (χ1) is 7.25. The van der Waals surface area contributed by atoms with Gasteiger partial charge in [0.25, 0.3) is 5.56 Å². The lowest BCUT2D eigenvalue weighted by atomic mass is 10.1. The number of nitrogens with one attached hydrogen (secondary N) is 2. The van der Waals surface area contributed by atoms with Crippen LogP contribution in [-0.2, 0) is 6.42 Å². The summed E-state index contributed by atoms with van der Waals surface area (Å²) in [5.41, 5.74) is 3.84. The molecule has 15 heavy (non-hydrogen) atoms. The van der Waals surface area contributed by atoms with Crippen LogP contribution in [0.25, 0.3) is 11.3 Å². The lowest BCUT2D eigenvalue weighted by Crippen LogP contribution is -2.12. The second-order valence-electron chi connectivity index (χ2n) is 3.60. The molecule has 2 N–H and O–H groups in total. The first kappa shape index (κ1) is 8.61. The molecule has 3 nitrogen and oxygen atoms in total. The Morgan fingerprint density at radius 1 is 1.20 bits per heavy atom. The van der Waals surface area contributed by atoms with Crippen molar-refractivity contribution in [1.82, 2.24) is 9.97 Å². The number of aromatic amines is 2. The zero-order valence-corrected chi connectivity index (χ0v) is 8.65. The smallest absolute Gasteiger partial charge is 0.255 e. The highest BCUT2D eigenvalue weighted by molar-refractivity contribution is 7.71. The van der Waals surface area contributed by atoms with E-state index in [9.17, 15) is 4.79 Å². The molecule has 1 aliphatic carbocycles. The summed E-state index contributed by atoms with van der Waals surface area (Å²) in [5, 5.41) is 0. The molecule has 3 rings (SSSR count). The predicted octanol–water partition coefficient (Wildman–Crippen LogP) is 2.00. The Labute approximate surface area is 90.8 Å². The fourth-order valence-corrected chi connectivity index (χ4v) is 2.21. The van der Waals surface area contributed by atoms with E-state index >= 15 is 0 Å². The van der Waals surface area contributed by atoms with Gasteiger partial charge in [-0.05, 0) is 17.8 Å². The largest absolute Gasteiger partial charge is 0.331 e. The molecule has 0 amide bonds. The first-order valence-electron chi connectivity index (χ1n) is 4.69. The van der Waals surface area contributed by atoms with E-state index in [4.69, 9.17) is 12.2 Å². The maximum atomic E-state index is 11.7. The lowest BCUT2D eigenvalue weighted by Gasteiger charge is -1.99. The van der Waals surface area contributed by atoms with Crippen LogP contribution in [0.15, 0.2) is 29.1 Å². The Hall–Kier alpha value is -1.68. The molecule has 0 spiro atoms. The molecule has 74 valence electrons. The normalized spacial score (nSPS) is 12.3. The number of H-pyrrole nitrogens is 2. The molecule has 0 unspecified atom stereocenters. The molecule has 0 radical (unpaired) electrons. The van der Waals surface area contributed by atoms with Crippen molar-refractivity contribution in [3.05, 3.63) is 50.5 Å². The molecular weight excluding hydrogens is 208 g/mol. The summed E-state index contributed by atoms with van der Waals surface area (Å²) in [6.45, 7) is 0. The number of rotatable bonds is 0. The molecule has 4 heteroatoms. The van der Waals surface area contributed by atoms with E-state index in [1.807, 2.05) is 24.3 Å². The van der Waals surface area contributed by atoms with E-state index in [0.717, 1.165) is 16.8 Å². The number of fused-ring (bicyclic) bond motifs is 3. The number of benzene rings is 1. The van der Waals surface area contributed by atoms with Gasteiger partial charge in [0.05, 0.1) is 5.69 Å². The van der Waals surface area contributed by atoms with Gasteiger partial charge in [-0.15, -0.1) is 0 Å². The van der Waals surface area contributed by atoms with Crippen LogP contribution in [0.1, 0.15) is 11.1 Å². The quantitative estimate of drug-likeness (QED) is 0.565. The molecule has 0 atom stereocenters. The van der Waals surface area contributed by atoms with Gasteiger partial charge in [-0.3, -0.25) is 9.78 Å². The van der Waals surface area contributed by atoms with Crippen molar-refractivity contribution in [3.8, 4) is 11.3 Å². The Balaban J connectivity index is 2.43. The van der Waals surface area contributed by atoms with E-state index in [1.165, 1.54) is 5.56 Å². The monoisotopic (exact) mass is 216 g/mol. The van der Waals surface area contributed by atoms with Crippen molar-refractivity contribution < 1.29 is 0 Å². The van der Waals surface area contributed by atoms with E-state index < -0.39 is 0 Å².